The number of amides is 2. The van der Waals surface area contributed by atoms with Gasteiger partial charge in [-0.15, -0.1) is 0 Å². The van der Waals surface area contributed by atoms with Gasteiger partial charge >= 0.3 is 0 Å². The predicted molar refractivity (Wildman–Crippen MR) is 105 cm³/mol. The maximum atomic E-state index is 13.0. The Bertz CT molecular complexity index is 696. The molecule has 1 aromatic carbocycles. The Morgan fingerprint density at radius 3 is 2.36 bits per heavy atom. The number of carbonyl (C=O) groups is 2. The van der Waals surface area contributed by atoms with Crippen molar-refractivity contribution in [3.8, 4) is 0 Å². The number of halogens is 1. The molecule has 0 radical (unpaired) electrons. The second-order valence-corrected chi connectivity index (χ2v) is 8.51. The van der Waals surface area contributed by atoms with E-state index in [9.17, 15) is 14.0 Å². The van der Waals surface area contributed by atoms with Gasteiger partial charge in [0.15, 0.2) is 0 Å². The number of benzene rings is 1. The summed E-state index contributed by atoms with van der Waals surface area (Å²) >= 11 is 0. The van der Waals surface area contributed by atoms with Crippen molar-refractivity contribution in [3.63, 3.8) is 0 Å². The zero-order valence-corrected chi connectivity index (χ0v) is 16.4. The molecule has 28 heavy (non-hydrogen) atoms. The molecular formula is C22H30FN3O2. The second kappa shape index (κ2) is 8.60. The number of likely N-dealkylation sites (tertiary alicyclic amines) is 2. The van der Waals surface area contributed by atoms with E-state index in [1.807, 2.05) is 4.90 Å². The van der Waals surface area contributed by atoms with Crippen molar-refractivity contribution in [1.82, 2.24) is 15.1 Å². The molecule has 1 aromatic rings. The Balaban J connectivity index is 1.24. The Kier molecular flexibility index (Phi) is 5.95. The van der Waals surface area contributed by atoms with E-state index in [1.54, 1.807) is 12.1 Å². The molecule has 3 aliphatic rings. The fraction of sp³-hybridized carbons (Fsp3) is 0.636. The van der Waals surface area contributed by atoms with Gasteiger partial charge in [-0.1, -0.05) is 12.1 Å². The van der Waals surface area contributed by atoms with E-state index in [0.29, 0.717) is 24.4 Å². The molecule has 2 amide bonds. The number of piperidine rings is 2. The average molecular weight is 387 g/mol. The van der Waals surface area contributed by atoms with Gasteiger partial charge in [-0.2, -0.15) is 0 Å². The van der Waals surface area contributed by atoms with Crippen LogP contribution in [0.5, 0.6) is 0 Å². The minimum absolute atomic E-state index is 0.0142. The molecular weight excluding hydrogens is 357 g/mol. The van der Waals surface area contributed by atoms with Crippen LogP contribution in [0.4, 0.5) is 4.39 Å². The van der Waals surface area contributed by atoms with Crippen LogP contribution in [-0.4, -0.2) is 53.8 Å². The van der Waals surface area contributed by atoms with Gasteiger partial charge in [0.25, 0.3) is 0 Å². The van der Waals surface area contributed by atoms with Gasteiger partial charge < -0.3 is 10.2 Å². The molecule has 2 saturated heterocycles. The summed E-state index contributed by atoms with van der Waals surface area (Å²) in [4.78, 5) is 29.4. The molecule has 0 unspecified atom stereocenters. The number of hydrogen-bond donors (Lipinski definition) is 1. The molecule has 1 atom stereocenters. The van der Waals surface area contributed by atoms with E-state index in [4.69, 9.17) is 0 Å². The van der Waals surface area contributed by atoms with Crippen molar-refractivity contribution in [2.75, 3.05) is 26.2 Å². The third-order valence-electron chi connectivity index (χ3n) is 6.42. The zero-order valence-electron chi connectivity index (χ0n) is 16.4. The molecule has 0 bridgehead atoms. The summed E-state index contributed by atoms with van der Waals surface area (Å²) in [5.41, 5.74) is 0.912. The monoisotopic (exact) mass is 387 g/mol. The van der Waals surface area contributed by atoms with Crippen LogP contribution in [-0.2, 0) is 16.1 Å². The first-order chi connectivity index (χ1) is 13.6. The SMILES string of the molecule is O=C(NCc1ccc(F)cc1)[C@@H]1CCCN(C2CCN(C(=O)C3CC3)CC2)C1. The molecule has 3 fully saturated rings. The van der Waals surface area contributed by atoms with Crippen LogP contribution in [0.2, 0.25) is 0 Å². The van der Waals surface area contributed by atoms with Gasteiger partial charge in [0.2, 0.25) is 11.8 Å². The van der Waals surface area contributed by atoms with Crippen molar-refractivity contribution < 1.29 is 14.0 Å². The van der Waals surface area contributed by atoms with Gasteiger partial charge in [-0.05, 0) is 62.8 Å². The maximum absolute atomic E-state index is 13.0. The van der Waals surface area contributed by atoms with Gasteiger partial charge in [0.05, 0.1) is 5.92 Å². The largest absolute Gasteiger partial charge is 0.352 e. The highest BCUT2D eigenvalue weighted by Crippen LogP contribution is 2.32. The Morgan fingerprint density at radius 2 is 1.68 bits per heavy atom. The molecule has 1 aliphatic carbocycles. The minimum atomic E-state index is -0.261. The van der Waals surface area contributed by atoms with Crippen molar-refractivity contribution in [2.24, 2.45) is 11.8 Å². The van der Waals surface area contributed by atoms with Crippen LogP contribution >= 0.6 is 0 Å². The van der Waals surface area contributed by atoms with Crippen molar-refractivity contribution >= 4 is 11.8 Å². The van der Waals surface area contributed by atoms with E-state index >= 15 is 0 Å². The third kappa shape index (κ3) is 4.72. The van der Waals surface area contributed by atoms with E-state index in [0.717, 1.165) is 70.3 Å². The number of hydrogen-bond acceptors (Lipinski definition) is 3. The topological polar surface area (TPSA) is 52.7 Å². The lowest BCUT2D eigenvalue weighted by Crippen LogP contribution is -2.51. The van der Waals surface area contributed by atoms with Crippen molar-refractivity contribution in [2.45, 2.75) is 51.1 Å². The van der Waals surface area contributed by atoms with Gasteiger partial charge in [-0.3, -0.25) is 14.5 Å². The van der Waals surface area contributed by atoms with Crippen LogP contribution in [0.25, 0.3) is 0 Å². The highest BCUT2D eigenvalue weighted by Gasteiger charge is 2.37. The molecule has 2 aliphatic heterocycles. The average Bonchev–Trinajstić information content (AvgIpc) is 3.58. The fourth-order valence-electron chi connectivity index (χ4n) is 4.53. The summed E-state index contributed by atoms with van der Waals surface area (Å²) in [6, 6.07) is 6.74. The van der Waals surface area contributed by atoms with E-state index in [2.05, 4.69) is 10.2 Å². The molecule has 2 heterocycles. The fourth-order valence-corrected chi connectivity index (χ4v) is 4.53. The number of rotatable bonds is 5. The number of carbonyl (C=O) groups excluding carboxylic acids is 2. The minimum Gasteiger partial charge on any atom is -0.352 e. The first-order valence-electron chi connectivity index (χ1n) is 10.6. The van der Waals surface area contributed by atoms with E-state index in [1.165, 1.54) is 12.1 Å². The predicted octanol–water partition coefficient (Wildman–Crippen LogP) is 2.55. The molecule has 1 N–H and O–H groups in total. The molecule has 1 saturated carbocycles. The molecule has 4 rings (SSSR count). The second-order valence-electron chi connectivity index (χ2n) is 8.51. The summed E-state index contributed by atoms with van der Waals surface area (Å²) in [5, 5.41) is 3.01. The first-order valence-corrected chi connectivity index (χ1v) is 10.6. The summed E-state index contributed by atoms with van der Waals surface area (Å²) < 4.78 is 13.0. The van der Waals surface area contributed by atoms with Gasteiger partial charge in [-0.25, -0.2) is 4.39 Å². The maximum Gasteiger partial charge on any atom is 0.225 e. The summed E-state index contributed by atoms with van der Waals surface area (Å²) in [6.07, 6.45) is 6.13. The molecule has 6 heteroatoms. The zero-order chi connectivity index (χ0) is 19.5. The standard InChI is InChI=1S/C22H30FN3O2/c23-19-7-3-16(4-8-19)14-24-21(27)18-2-1-11-26(15-18)20-9-12-25(13-10-20)22(28)17-5-6-17/h3-4,7-8,17-18,20H,1-2,5-6,9-15H2,(H,24,27)/t18-/m1/s1. The van der Waals surface area contributed by atoms with Crippen LogP contribution in [0, 0.1) is 17.7 Å². The quantitative estimate of drug-likeness (QED) is 0.845. The van der Waals surface area contributed by atoms with Crippen LogP contribution in [0.1, 0.15) is 44.1 Å². The number of nitrogens with one attached hydrogen (secondary N) is 1. The normalized spacial score (nSPS) is 24.2. The van der Waals surface area contributed by atoms with Crippen molar-refractivity contribution in [1.29, 1.82) is 0 Å². The van der Waals surface area contributed by atoms with E-state index < -0.39 is 0 Å². The Labute approximate surface area is 166 Å². The Morgan fingerprint density at radius 1 is 0.964 bits per heavy atom. The third-order valence-corrected chi connectivity index (χ3v) is 6.42. The smallest absolute Gasteiger partial charge is 0.225 e. The molecule has 152 valence electrons. The summed E-state index contributed by atoms with van der Waals surface area (Å²) in [7, 11) is 0. The Hall–Kier alpha value is -1.95. The first kappa shape index (κ1) is 19.4. The van der Waals surface area contributed by atoms with Crippen LogP contribution in [0.15, 0.2) is 24.3 Å². The number of nitrogens with zero attached hydrogens (tertiary/aromatic N) is 2. The lowest BCUT2D eigenvalue weighted by atomic mass is 9.93. The van der Waals surface area contributed by atoms with Crippen LogP contribution < -0.4 is 5.32 Å². The lowest BCUT2D eigenvalue weighted by molar-refractivity contribution is -0.134. The highest BCUT2D eigenvalue weighted by molar-refractivity contribution is 5.81. The van der Waals surface area contributed by atoms with E-state index in [-0.39, 0.29) is 17.6 Å². The van der Waals surface area contributed by atoms with Crippen molar-refractivity contribution in [3.05, 3.63) is 35.6 Å². The summed E-state index contributed by atoms with van der Waals surface area (Å²) in [5.74, 6) is 0.509. The van der Waals surface area contributed by atoms with Gasteiger partial charge in [0.1, 0.15) is 5.82 Å². The lowest BCUT2D eigenvalue weighted by Gasteiger charge is -2.42. The van der Waals surface area contributed by atoms with Crippen LogP contribution in [0.3, 0.4) is 0 Å². The molecule has 0 spiro atoms. The van der Waals surface area contributed by atoms with Gasteiger partial charge in [0, 0.05) is 38.1 Å². The molecule has 5 nitrogen and oxygen atoms in total. The molecule has 0 aromatic heterocycles. The summed E-state index contributed by atoms with van der Waals surface area (Å²) in [6.45, 7) is 4.01. The highest BCUT2D eigenvalue weighted by atomic mass is 19.1.